The van der Waals surface area contributed by atoms with Crippen molar-refractivity contribution in [3.05, 3.63) is 0 Å². The lowest BCUT2D eigenvalue weighted by Crippen LogP contribution is -2.36. The number of nitrogens with zero attached hydrogens (tertiary/aromatic N) is 1. The lowest BCUT2D eigenvalue weighted by Gasteiger charge is -2.23. The number of rotatable bonds is 7. The molecule has 2 fully saturated rings. The Morgan fingerprint density at radius 2 is 1.86 bits per heavy atom. The zero-order valence-corrected chi connectivity index (χ0v) is 13.2. The molecule has 122 valence electrons. The number of hydrogen-bond acceptors (Lipinski definition) is 4. The van der Waals surface area contributed by atoms with Crippen LogP contribution in [0.2, 0.25) is 0 Å². The third kappa shape index (κ3) is 7.25. The first-order valence-electron chi connectivity index (χ1n) is 8.66. The van der Waals surface area contributed by atoms with Gasteiger partial charge in [-0.05, 0) is 51.9 Å². The molecule has 5 heteroatoms. The molecule has 2 aliphatic rings. The van der Waals surface area contributed by atoms with E-state index in [-0.39, 0.29) is 5.91 Å². The van der Waals surface area contributed by atoms with Crippen LogP contribution >= 0.6 is 0 Å². The fourth-order valence-corrected chi connectivity index (χ4v) is 3.08. The maximum atomic E-state index is 11.8. The van der Waals surface area contributed by atoms with Gasteiger partial charge < -0.3 is 20.3 Å². The number of carbonyl (C=O) groups excluding carboxylic acids is 1. The predicted octanol–water partition coefficient (Wildman–Crippen LogP) is 1.14. The van der Waals surface area contributed by atoms with E-state index in [2.05, 4.69) is 15.5 Å². The molecule has 0 aromatic rings. The van der Waals surface area contributed by atoms with E-state index >= 15 is 0 Å². The lowest BCUT2D eigenvalue weighted by molar-refractivity contribution is -0.122. The average Bonchev–Trinajstić information content (AvgIpc) is 2.77. The Bertz CT molecular complexity index is 285. The first kappa shape index (κ1) is 16.7. The van der Waals surface area contributed by atoms with Gasteiger partial charge in [0.15, 0.2) is 0 Å². The molecule has 2 heterocycles. The monoisotopic (exact) mass is 297 g/mol. The number of hydrogen-bond donors (Lipinski definition) is 2. The van der Waals surface area contributed by atoms with Crippen molar-refractivity contribution in [3.63, 3.8) is 0 Å². The molecule has 2 N–H and O–H groups in total. The van der Waals surface area contributed by atoms with Crippen molar-refractivity contribution >= 4 is 5.91 Å². The second-order valence-corrected chi connectivity index (χ2v) is 6.18. The number of ether oxygens (including phenoxy) is 1. The highest BCUT2D eigenvalue weighted by Gasteiger charge is 2.14. The standard InChI is InChI=1S/C16H31N3O2/c20-16(7-14-21-15-5-8-17-9-6-15)18-10-13-19-11-3-1-2-4-12-19/h15,17H,1-14H2,(H,18,20). The Labute approximate surface area is 128 Å². The fourth-order valence-electron chi connectivity index (χ4n) is 3.08. The summed E-state index contributed by atoms with van der Waals surface area (Å²) in [5, 5.41) is 6.33. The van der Waals surface area contributed by atoms with E-state index in [1.807, 2.05) is 0 Å². The number of piperidine rings is 1. The highest BCUT2D eigenvalue weighted by Crippen LogP contribution is 2.09. The molecule has 0 atom stereocenters. The molecule has 0 aromatic carbocycles. The Hall–Kier alpha value is -0.650. The minimum absolute atomic E-state index is 0.124. The molecule has 0 spiro atoms. The molecule has 0 radical (unpaired) electrons. The van der Waals surface area contributed by atoms with Gasteiger partial charge in [0.25, 0.3) is 0 Å². The van der Waals surface area contributed by atoms with E-state index in [1.165, 1.54) is 38.8 Å². The van der Waals surface area contributed by atoms with Crippen LogP contribution in [0.15, 0.2) is 0 Å². The molecular weight excluding hydrogens is 266 g/mol. The molecule has 2 saturated heterocycles. The predicted molar refractivity (Wildman–Crippen MR) is 84.4 cm³/mol. The largest absolute Gasteiger partial charge is 0.378 e. The molecule has 0 saturated carbocycles. The minimum Gasteiger partial charge on any atom is -0.378 e. The van der Waals surface area contributed by atoms with Crippen molar-refractivity contribution in [1.29, 1.82) is 0 Å². The van der Waals surface area contributed by atoms with Gasteiger partial charge >= 0.3 is 0 Å². The van der Waals surface area contributed by atoms with Gasteiger partial charge in [-0.15, -0.1) is 0 Å². The van der Waals surface area contributed by atoms with Crippen molar-refractivity contribution in [1.82, 2.24) is 15.5 Å². The van der Waals surface area contributed by atoms with Gasteiger partial charge in [0.2, 0.25) is 5.91 Å². The third-order valence-electron chi connectivity index (χ3n) is 4.42. The number of amides is 1. The molecule has 0 bridgehead atoms. The lowest BCUT2D eigenvalue weighted by atomic mass is 10.1. The first-order valence-corrected chi connectivity index (χ1v) is 8.66. The van der Waals surface area contributed by atoms with E-state index in [0.717, 1.165) is 39.0 Å². The Morgan fingerprint density at radius 1 is 1.14 bits per heavy atom. The first-order chi connectivity index (χ1) is 10.3. The zero-order chi connectivity index (χ0) is 14.8. The molecule has 0 aliphatic carbocycles. The van der Waals surface area contributed by atoms with E-state index in [1.54, 1.807) is 0 Å². The Morgan fingerprint density at radius 3 is 2.57 bits per heavy atom. The summed E-state index contributed by atoms with van der Waals surface area (Å²) in [6.07, 6.45) is 8.29. The van der Waals surface area contributed by atoms with Crippen molar-refractivity contribution in [3.8, 4) is 0 Å². The van der Waals surface area contributed by atoms with Gasteiger partial charge in [-0.1, -0.05) is 12.8 Å². The van der Waals surface area contributed by atoms with E-state index in [0.29, 0.717) is 19.1 Å². The molecule has 2 aliphatic heterocycles. The van der Waals surface area contributed by atoms with Gasteiger partial charge in [0, 0.05) is 19.5 Å². The summed E-state index contributed by atoms with van der Waals surface area (Å²) in [7, 11) is 0. The van der Waals surface area contributed by atoms with Gasteiger partial charge in [-0.3, -0.25) is 4.79 Å². The average molecular weight is 297 g/mol. The van der Waals surface area contributed by atoms with Crippen LogP contribution in [-0.4, -0.2) is 62.8 Å². The fraction of sp³-hybridized carbons (Fsp3) is 0.938. The summed E-state index contributed by atoms with van der Waals surface area (Å²) in [5.74, 6) is 0.124. The Kier molecular flexibility index (Phi) is 8.07. The van der Waals surface area contributed by atoms with Crippen LogP contribution in [0.25, 0.3) is 0 Å². The van der Waals surface area contributed by atoms with Gasteiger partial charge in [0.1, 0.15) is 0 Å². The van der Waals surface area contributed by atoms with Crippen LogP contribution in [0.4, 0.5) is 0 Å². The van der Waals surface area contributed by atoms with E-state index in [9.17, 15) is 4.79 Å². The summed E-state index contributed by atoms with van der Waals surface area (Å²) in [6.45, 7) is 6.76. The molecule has 1 amide bonds. The van der Waals surface area contributed by atoms with Crippen LogP contribution in [0.5, 0.6) is 0 Å². The highest BCUT2D eigenvalue weighted by molar-refractivity contribution is 5.75. The maximum Gasteiger partial charge on any atom is 0.222 e. The summed E-state index contributed by atoms with van der Waals surface area (Å²) < 4.78 is 5.76. The summed E-state index contributed by atoms with van der Waals surface area (Å²) in [4.78, 5) is 14.2. The molecule has 21 heavy (non-hydrogen) atoms. The normalized spacial score (nSPS) is 21.9. The maximum absolute atomic E-state index is 11.8. The SMILES string of the molecule is O=C(CCOC1CCNCC1)NCCN1CCCCCC1. The van der Waals surface area contributed by atoms with Crippen LogP contribution in [0, 0.1) is 0 Å². The summed E-state index contributed by atoms with van der Waals surface area (Å²) >= 11 is 0. The molecule has 0 unspecified atom stereocenters. The topological polar surface area (TPSA) is 53.6 Å². The number of nitrogens with one attached hydrogen (secondary N) is 2. The van der Waals surface area contributed by atoms with Crippen molar-refractivity contribution < 1.29 is 9.53 Å². The number of likely N-dealkylation sites (tertiary alicyclic amines) is 1. The Balaban J connectivity index is 1.47. The molecule has 5 nitrogen and oxygen atoms in total. The highest BCUT2D eigenvalue weighted by atomic mass is 16.5. The number of carbonyl (C=O) groups is 1. The zero-order valence-electron chi connectivity index (χ0n) is 13.2. The van der Waals surface area contributed by atoms with Crippen LogP contribution in [0.1, 0.15) is 44.9 Å². The summed E-state index contributed by atoms with van der Waals surface area (Å²) in [6, 6.07) is 0. The third-order valence-corrected chi connectivity index (χ3v) is 4.42. The van der Waals surface area contributed by atoms with Crippen LogP contribution in [-0.2, 0) is 9.53 Å². The van der Waals surface area contributed by atoms with Crippen LogP contribution in [0.3, 0.4) is 0 Å². The van der Waals surface area contributed by atoms with E-state index in [4.69, 9.17) is 4.74 Å². The van der Waals surface area contributed by atoms with Crippen molar-refractivity contribution in [2.45, 2.75) is 51.0 Å². The molecular formula is C16H31N3O2. The minimum atomic E-state index is 0.124. The molecule has 2 rings (SSSR count). The second-order valence-electron chi connectivity index (χ2n) is 6.18. The van der Waals surface area contributed by atoms with Gasteiger partial charge in [-0.25, -0.2) is 0 Å². The van der Waals surface area contributed by atoms with Crippen LogP contribution < -0.4 is 10.6 Å². The van der Waals surface area contributed by atoms with Crippen molar-refractivity contribution in [2.24, 2.45) is 0 Å². The molecule has 0 aromatic heterocycles. The van der Waals surface area contributed by atoms with Crippen molar-refractivity contribution in [2.75, 3.05) is 45.9 Å². The van der Waals surface area contributed by atoms with Gasteiger partial charge in [0.05, 0.1) is 12.7 Å². The summed E-state index contributed by atoms with van der Waals surface area (Å²) in [5.41, 5.74) is 0. The quantitative estimate of drug-likeness (QED) is 0.740. The van der Waals surface area contributed by atoms with E-state index < -0.39 is 0 Å². The smallest absolute Gasteiger partial charge is 0.222 e. The second kappa shape index (κ2) is 10.1. The van der Waals surface area contributed by atoms with Gasteiger partial charge in [-0.2, -0.15) is 0 Å².